The smallest absolute Gasteiger partial charge is 0.227 e. The maximum absolute atomic E-state index is 12.1. The Labute approximate surface area is 100 Å². The van der Waals surface area contributed by atoms with E-state index in [2.05, 4.69) is 10.7 Å². The van der Waals surface area contributed by atoms with Crippen LogP contribution < -0.4 is 11.1 Å². The second-order valence-electron chi connectivity index (χ2n) is 4.59. The Morgan fingerprint density at radius 1 is 1.69 bits per heavy atom. The molecule has 1 aromatic heterocycles. The molecule has 16 heavy (non-hydrogen) atoms. The zero-order valence-electron chi connectivity index (χ0n) is 9.53. The number of carbonyl (C=O) groups is 1. The van der Waals surface area contributed by atoms with Crippen molar-refractivity contribution in [2.75, 3.05) is 6.54 Å². The van der Waals surface area contributed by atoms with E-state index in [1.54, 1.807) is 11.3 Å². The van der Waals surface area contributed by atoms with E-state index < -0.39 is 0 Å². The number of nitrogens with one attached hydrogen (secondary N) is 1. The number of rotatable bonds is 4. The first-order chi connectivity index (χ1) is 7.68. The average molecular weight is 238 g/mol. The van der Waals surface area contributed by atoms with Gasteiger partial charge in [-0.25, -0.2) is 0 Å². The quantitative estimate of drug-likeness (QED) is 0.843. The molecule has 0 bridgehead atoms. The predicted octanol–water partition coefficient (Wildman–Crippen LogP) is 2.05. The standard InChI is InChI=1S/C12H18N2OS/c1-9(10-3-6-16-7-10)14-11(15)12(8-13)4-2-5-12/h3,6-7,9H,2,4-5,8,13H2,1H3,(H,14,15). The van der Waals surface area contributed by atoms with Crippen molar-refractivity contribution in [2.45, 2.75) is 32.2 Å². The molecule has 1 fully saturated rings. The van der Waals surface area contributed by atoms with Crippen LogP contribution in [0.3, 0.4) is 0 Å². The summed E-state index contributed by atoms with van der Waals surface area (Å²) in [6.45, 7) is 2.48. The Kier molecular flexibility index (Phi) is 3.30. The van der Waals surface area contributed by atoms with Gasteiger partial charge in [-0.1, -0.05) is 6.42 Å². The highest BCUT2D eigenvalue weighted by Crippen LogP contribution is 2.40. The number of hydrogen-bond donors (Lipinski definition) is 2. The summed E-state index contributed by atoms with van der Waals surface area (Å²) in [4.78, 5) is 12.1. The van der Waals surface area contributed by atoms with Gasteiger partial charge in [0.2, 0.25) is 5.91 Å². The van der Waals surface area contributed by atoms with Crippen LogP contribution in [0.2, 0.25) is 0 Å². The van der Waals surface area contributed by atoms with Crippen molar-refractivity contribution in [1.82, 2.24) is 5.32 Å². The number of nitrogens with two attached hydrogens (primary N) is 1. The minimum Gasteiger partial charge on any atom is -0.349 e. The van der Waals surface area contributed by atoms with Gasteiger partial charge in [0, 0.05) is 6.54 Å². The van der Waals surface area contributed by atoms with Crippen molar-refractivity contribution < 1.29 is 4.79 Å². The van der Waals surface area contributed by atoms with E-state index in [-0.39, 0.29) is 17.4 Å². The van der Waals surface area contributed by atoms with Crippen molar-refractivity contribution in [1.29, 1.82) is 0 Å². The fraction of sp³-hybridized carbons (Fsp3) is 0.583. The fourth-order valence-corrected chi connectivity index (χ4v) is 2.84. The molecule has 0 aliphatic heterocycles. The van der Waals surface area contributed by atoms with E-state index in [4.69, 9.17) is 5.73 Å². The van der Waals surface area contributed by atoms with E-state index >= 15 is 0 Å². The normalized spacial score (nSPS) is 19.9. The van der Waals surface area contributed by atoms with Crippen molar-refractivity contribution in [2.24, 2.45) is 11.1 Å². The average Bonchev–Trinajstić information content (AvgIpc) is 2.69. The lowest BCUT2D eigenvalue weighted by atomic mass is 9.68. The number of amides is 1. The van der Waals surface area contributed by atoms with Crippen molar-refractivity contribution in [3.63, 3.8) is 0 Å². The monoisotopic (exact) mass is 238 g/mol. The van der Waals surface area contributed by atoms with Crippen LogP contribution in [0.25, 0.3) is 0 Å². The van der Waals surface area contributed by atoms with Crippen LogP contribution in [0.15, 0.2) is 16.8 Å². The van der Waals surface area contributed by atoms with Crippen LogP contribution in [0.5, 0.6) is 0 Å². The van der Waals surface area contributed by atoms with Crippen molar-refractivity contribution >= 4 is 17.2 Å². The maximum atomic E-state index is 12.1. The van der Waals surface area contributed by atoms with Crippen LogP contribution in [0.4, 0.5) is 0 Å². The third kappa shape index (κ3) is 1.99. The van der Waals surface area contributed by atoms with Gasteiger partial charge >= 0.3 is 0 Å². The van der Waals surface area contributed by atoms with Crippen LogP contribution in [0.1, 0.15) is 37.8 Å². The van der Waals surface area contributed by atoms with Gasteiger partial charge in [0.05, 0.1) is 11.5 Å². The highest BCUT2D eigenvalue weighted by molar-refractivity contribution is 7.07. The van der Waals surface area contributed by atoms with Crippen molar-refractivity contribution in [3.8, 4) is 0 Å². The highest BCUT2D eigenvalue weighted by atomic mass is 32.1. The molecule has 0 saturated heterocycles. The van der Waals surface area contributed by atoms with E-state index in [9.17, 15) is 4.79 Å². The highest BCUT2D eigenvalue weighted by Gasteiger charge is 2.43. The molecule has 1 heterocycles. The third-order valence-corrected chi connectivity index (χ3v) is 4.28. The molecule has 1 unspecified atom stereocenters. The molecular weight excluding hydrogens is 220 g/mol. The summed E-state index contributed by atoms with van der Waals surface area (Å²) in [7, 11) is 0. The summed E-state index contributed by atoms with van der Waals surface area (Å²) >= 11 is 1.65. The molecule has 0 spiro atoms. The Hall–Kier alpha value is -0.870. The van der Waals surface area contributed by atoms with E-state index in [0.717, 1.165) is 19.3 Å². The molecule has 88 valence electrons. The SMILES string of the molecule is CC(NC(=O)C1(CN)CCC1)c1ccsc1. The zero-order valence-corrected chi connectivity index (χ0v) is 10.3. The van der Waals surface area contributed by atoms with Crippen LogP contribution in [0, 0.1) is 5.41 Å². The van der Waals surface area contributed by atoms with Gasteiger partial charge in [-0.3, -0.25) is 4.79 Å². The van der Waals surface area contributed by atoms with E-state index in [1.807, 2.05) is 18.4 Å². The second-order valence-corrected chi connectivity index (χ2v) is 5.37. The number of carbonyl (C=O) groups excluding carboxylic acids is 1. The number of hydrogen-bond acceptors (Lipinski definition) is 3. The van der Waals surface area contributed by atoms with Gasteiger partial charge in [0.15, 0.2) is 0 Å². The lowest BCUT2D eigenvalue weighted by Crippen LogP contribution is -2.50. The molecule has 1 aromatic rings. The third-order valence-electron chi connectivity index (χ3n) is 3.57. The molecule has 1 aliphatic rings. The first kappa shape index (κ1) is 11.6. The molecular formula is C12H18N2OS. The van der Waals surface area contributed by atoms with Crippen LogP contribution >= 0.6 is 11.3 Å². The Bertz CT molecular complexity index is 352. The van der Waals surface area contributed by atoms with Gasteiger partial charge in [0.25, 0.3) is 0 Å². The molecule has 0 aromatic carbocycles. The van der Waals surface area contributed by atoms with E-state index in [1.165, 1.54) is 5.56 Å². The van der Waals surface area contributed by atoms with E-state index in [0.29, 0.717) is 6.54 Å². The zero-order chi connectivity index (χ0) is 11.6. The topological polar surface area (TPSA) is 55.1 Å². The molecule has 1 saturated carbocycles. The predicted molar refractivity (Wildman–Crippen MR) is 66.2 cm³/mol. The summed E-state index contributed by atoms with van der Waals surface area (Å²) in [5.74, 6) is 0.125. The first-order valence-corrected chi connectivity index (χ1v) is 6.65. The first-order valence-electron chi connectivity index (χ1n) is 5.71. The summed E-state index contributed by atoms with van der Waals surface area (Å²) in [5.41, 5.74) is 6.60. The molecule has 1 aliphatic carbocycles. The minimum atomic E-state index is -0.274. The summed E-state index contributed by atoms with van der Waals surface area (Å²) in [6, 6.07) is 2.13. The fourth-order valence-electron chi connectivity index (χ4n) is 2.08. The van der Waals surface area contributed by atoms with Gasteiger partial charge in [-0.15, -0.1) is 0 Å². The molecule has 3 nitrogen and oxygen atoms in total. The Morgan fingerprint density at radius 2 is 2.44 bits per heavy atom. The Balaban J connectivity index is 1.97. The number of thiophene rings is 1. The van der Waals surface area contributed by atoms with Crippen LogP contribution in [-0.2, 0) is 4.79 Å². The van der Waals surface area contributed by atoms with Gasteiger partial charge in [-0.2, -0.15) is 11.3 Å². The van der Waals surface area contributed by atoms with Crippen LogP contribution in [-0.4, -0.2) is 12.5 Å². The molecule has 2 rings (SSSR count). The van der Waals surface area contributed by atoms with Gasteiger partial charge in [0.1, 0.15) is 0 Å². The lowest BCUT2D eigenvalue weighted by molar-refractivity contribution is -0.135. The molecule has 3 N–H and O–H groups in total. The maximum Gasteiger partial charge on any atom is 0.227 e. The molecule has 1 atom stereocenters. The largest absolute Gasteiger partial charge is 0.349 e. The Morgan fingerprint density at radius 3 is 2.88 bits per heavy atom. The minimum absolute atomic E-state index is 0.0859. The lowest BCUT2D eigenvalue weighted by Gasteiger charge is -2.39. The molecule has 4 heteroatoms. The van der Waals surface area contributed by atoms with Gasteiger partial charge < -0.3 is 11.1 Å². The summed E-state index contributed by atoms with van der Waals surface area (Å²) < 4.78 is 0. The molecule has 0 radical (unpaired) electrons. The van der Waals surface area contributed by atoms with Gasteiger partial charge in [-0.05, 0) is 42.2 Å². The summed E-state index contributed by atoms with van der Waals surface area (Å²) in [6.07, 6.45) is 2.99. The second kappa shape index (κ2) is 4.55. The van der Waals surface area contributed by atoms with Crippen molar-refractivity contribution in [3.05, 3.63) is 22.4 Å². The summed E-state index contributed by atoms with van der Waals surface area (Å²) in [5, 5.41) is 7.16. The molecule has 1 amide bonds.